The molecule has 0 atom stereocenters. The molecule has 0 aliphatic carbocycles. The van der Waals surface area contributed by atoms with Crippen molar-refractivity contribution in [1.29, 1.82) is 0 Å². The SMILES string of the molecule is CC(C)COc1c[nH]c(CNS(=O)(=O)c2ccc(C(C)(C)C)cc2)cc1=O. The smallest absolute Gasteiger partial charge is 0.240 e. The molecule has 0 aliphatic heterocycles. The Bertz CT molecular complexity index is 924. The number of hydrogen-bond donors (Lipinski definition) is 2. The van der Waals surface area contributed by atoms with E-state index in [0.717, 1.165) is 5.56 Å². The molecular weight excluding hydrogens is 364 g/mol. The van der Waals surface area contributed by atoms with E-state index >= 15 is 0 Å². The van der Waals surface area contributed by atoms with Gasteiger partial charge in [-0.15, -0.1) is 0 Å². The van der Waals surface area contributed by atoms with Crippen LogP contribution < -0.4 is 14.9 Å². The lowest BCUT2D eigenvalue weighted by Crippen LogP contribution is -2.25. The summed E-state index contributed by atoms with van der Waals surface area (Å²) >= 11 is 0. The maximum Gasteiger partial charge on any atom is 0.240 e. The molecule has 2 aromatic rings. The van der Waals surface area contributed by atoms with Crippen LogP contribution in [0, 0.1) is 5.92 Å². The molecule has 0 amide bonds. The van der Waals surface area contributed by atoms with Gasteiger partial charge in [-0.2, -0.15) is 0 Å². The molecule has 0 saturated heterocycles. The van der Waals surface area contributed by atoms with Crippen LogP contribution in [0.3, 0.4) is 0 Å². The molecule has 2 rings (SSSR count). The van der Waals surface area contributed by atoms with E-state index in [1.54, 1.807) is 12.1 Å². The predicted octanol–water partition coefficient (Wildman–Crippen LogP) is 3.19. The van der Waals surface area contributed by atoms with E-state index in [0.29, 0.717) is 18.2 Å². The Morgan fingerprint density at radius 3 is 2.30 bits per heavy atom. The molecule has 0 saturated carbocycles. The fourth-order valence-corrected chi connectivity index (χ4v) is 3.37. The second kappa shape index (κ2) is 8.27. The summed E-state index contributed by atoms with van der Waals surface area (Å²) in [5, 5.41) is 0. The van der Waals surface area contributed by atoms with Crippen LogP contribution in [0.1, 0.15) is 45.9 Å². The number of H-pyrrole nitrogens is 1. The third-order valence-corrected chi connectivity index (χ3v) is 5.41. The number of rotatable bonds is 7. The summed E-state index contributed by atoms with van der Waals surface area (Å²) in [6, 6.07) is 8.17. The van der Waals surface area contributed by atoms with Gasteiger partial charge in [0, 0.05) is 18.0 Å². The summed E-state index contributed by atoms with van der Waals surface area (Å²) in [6.45, 7) is 10.6. The molecule has 27 heavy (non-hydrogen) atoms. The third kappa shape index (κ3) is 5.94. The Hall–Kier alpha value is -2.12. The summed E-state index contributed by atoms with van der Waals surface area (Å²) < 4.78 is 32.9. The maximum atomic E-state index is 12.5. The first-order valence-electron chi connectivity index (χ1n) is 8.93. The summed E-state index contributed by atoms with van der Waals surface area (Å²) in [4.78, 5) is 15.1. The van der Waals surface area contributed by atoms with Crippen molar-refractivity contribution in [3.05, 3.63) is 58.0 Å². The van der Waals surface area contributed by atoms with Gasteiger partial charge in [0.2, 0.25) is 15.5 Å². The van der Waals surface area contributed by atoms with Crippen molar-refractivity contribution in [2.75, 3.05) is 6.61 Å². The lowest BCUT2D eigenvalue weighted by atomic mass is 9.87. The van der Waals surface area contributed by atoms with Crippen molar-refractivity contribution < 1.29 is 13.2 Å². The second-order valence-corrected chi connectivity index (χ2v) is 9.76. The van der Waals surface area contributed by atoms with Gasteiger partial charge in [0.15, 0.2) is 5.75 Å². The first-order valence-corrected chi connectivity index (χ1v) is 10.4. The summed E-state index contributed by atoms with van der Waals surface area (Å²) in [6.07, 6.45) is 1.46. The van der Waals surface area contributed by atoms with Crippen molar-refractivity contribution in [1.82, 2.24) is 9.71 Å². The number of benzene rings is 1. The fourth-order valence-electron chi connectivity index (χ4n) is 2.36. The van der Waals surface area contributed by atoms with Crippen LogP contribution in [0.25, 0.3) is 0 Å². The topological polar surface area (TPSA) is 88.3 Å². The molecule has 1 aromatic heterocycles. The Labute approximate surface area is 161 Å². The van der Waals surface area contributed by atoms with E-state index in [9.17, 15) is 13.2 Å². The van der Waals surface area contributed by atoms with E-state index in [2.05, 4.69) is 30.5 Å². The Morgan fingerprint density at radius 2 is 1.78 bits per heavy atom. The molecule has 0 bridgehead atoms. The van der Waals surface area contributed by atoms with Crippen LogP contribution in [-0.2, 0) is 22.0 Å². The van der Waals surface area contributed by atoms with Gasteiger partial charge in [0.25, 0.3) is 0 Å². The normalized spacial score (nSPS) is 12.4. The van der Waals surface area contributed by atoms with Gasteiger partial charge in [-0.3, -0.25) is 4.79 Å². The van der Waals surface area contributed by atoms with E-state index in [1.165, 1.54) is 12.3 Å². The van der Waals surface area contributed by atoms with Gasteiger partial charge < -0.3 is 9.72 Å². The Kier molecular flexibility index (Phi) is 6.49. The molecule has 0 fully saturated rings. The minimum Gasteiger partial charge on any atom is -0.488 e. The zero-order valence-electron chi connectivity index (χ0n) is 16.5. The second-order valence-electron chi connectivity index (χ2n) is 7.99. The van der Waals surface area contributed by atoms with Gasteiger partial charge in [-0.1, -0.05) is 46.8 Å². The van der Waals surface area contributed by atoms with Crippen LogP contribution in [0.4, 0.5) is 0 Å². The van der Waals surface area contributed by atoms with Gasteiger partial charge in [0.1, 0.15) is 0 Å². The van der Waals surface area contributed by atoms with Gasteiger partial charge >= 0.3 is 0 Å². The summed E-state index contributed by atoms with van der Waals surface area (Å²) in [7, 11) is -3.67. The number of aromatic nitrogens is 1. The number of hydrogen-bond acceptors (Lipinski definition) is 4. The first kappa shape index (κ1) is 21.2. The van der Waals surface area contributed by atoms with E-state index in [4.69, 9.17) is 4.74 Å². The number of aromatic amines is 1. The molecular formula is C20H28N2O4S. The van der Waals surface area contributed by atoms with E-state index in [1.807, 2.05) is 26.0 Å². The highest BCUT2D eigenvalue weighted by molar-refractivity contribution is 7.89. The average molecular weight is 393 g/mol. The molecule has 1 heterocycles. The van der Waals surface area contributed by atoms with Gasteiger partial charge in [-0.25, -0.2) is 13.1 Å². The number of sulfonamides is 1. The molecule has 2 N–H and O–H groups in total. The number of ether oxygens (including phenoxy) is 1. The van der Waals surface area contributed by atoms with Crippen LogP contribution in [0.5, 0.6) is 5.75 Å². The maximum absolute atomic E-state index is 12.5. The van der Waals surface area contributed by atoms with Crippen molar-refractivity contribution in [2.45, 2.75) is 51.5 Å². The van der Waals surface area contributed by atoms with Crippen LogP contribution in [0.15, 0.2) is 46.2 Å². The number of nitrogens with one attached hydrogen (secondary N) is 2. The number of pyridine rings is 1. The van der Waals surface area contributed by atoms with Crippen molar-refractivity contribution in [2.24, 2.45) is 5.92 Å². The zero-order valence-corrected chi connectivity index (χ0v) is 17.3. The van der Waals surface area contributed by atoms with E-state index < -0.39 is 10.0 Å². The molecule has 0 radical (unpaired) electrons. The fraction of sp³-hybridized carbons (Fsp3) is 0.450. The van der Waals surface area contributed by atoms with E-state index in [-0.39, 0.29) is 28.0 Å². The minimum absolute atomic E-state index is 0.0109. The van der Waals surface area contributed by atoms with Crippen LogP contribution >= 0.6 is 0 Å². The summed E-state index contributed by atoms with van der Waals surface area (Å²) in [5.41, 5.74) is 1.20. The average Bonchev–Trinajstić information content (AvgIpc) is 2.58. The zero-order chi connectivity index (χ0) is 20.2. The van der Waals surface area contributed by atoms with Gasteiger partial charge in [-0.05, 0) is 29.0 Å². The van der Waals surface area contributed by atoms with Crippen LogP contribution in [-0.4, -0.2) is 20.0 Å². The Morgan fingerprint density at radius 1 is 1.15 bits per heavy atom. The highest BCUT2D eigenvalue weighted by Crippen LogP contribution is 2.23. The molecule has 0 spiro atoms. The monoisotopic (exact) mass is 392 g/mol. The lowest BCUT2D eigenvalue weighted by Gasteiger charge is -2.19. The standard InChI is InChI=1S/C20H28N2O4S/c1-14(2)13-26-19-12-21-16(10-18(19)23)11-22-27(24,25)17-8-6-15(7-9-17)20(3,4)5/h6-10,12,14,22H,11,13H2,1-5H3,(H,21,23). The predicted molar refractivity (Wildman–Crippen MR) is 107 cm³/mol. The molecule has 0 unspecified atom stereocenters. The van der Waals surface area contributed by atoms with Crippen molar-refractivity contribution in [3.63, 3.8) is 0 Å². The minimum atomic E-state index is -3.67. The molecule has 7 heteroatoms. The molecule has 0 aliphatic rings. The Balaban J connectivity index is 2.06. The third-order valence-electron chi connectivity index (χ3n) is 3.99. The largest absolute Gasteiger partial charge is 0.488 e. The molecule has 148 valence electrons. The highest BCUT2D eigenvalue weighted by atomic mass is 32.2. The molecule has 1 aromatic carbocycles. The lowest BCUT2D eigenvalue weighted by molar-refractivity contribution is 0.267. The summed E-state index contributed by atoms with van der Waals surface area (Å²) in [5.74, 6) is 0.536. The van der Waals surface area contributed by atoms with Crippen molar-refractivity contribution in [3.8, 4) is 5.75 Å². The van der Waals surface area contributed by atoms with Gasteiger partial charge in [0.05, 0.1) is 18.0 Å². The van der Waals surface area contributed by atoms with Crippen LogP contribution in [0.2, 0.25) is 0 Å². The molecule has 6 nitrogen and oxygen atoms in total. The quantitative estimate of drug-likeness (QED) is 0.757. The first-order chi connectivity index (χ1) is 12.5. The highest BCUT2D eigenvalue weighted by Gasteiger charge is 2.17. The van der Waals surface area contributed by atoms with Crippen molar-refractivity contribution >= 4 is 10.0 Å².